The molecule has 28 heavy (non-hydrogen) atoms. The Morgan fingerprint density at radius 3 is 2.68 bits per heavy atom. The van der Waals surface area contributed by atoms with Crippen LogP contribution in [0.3, 0.4) is 0 Å². The van der Waals surface area contributed by atoms with Gasteiger partial charge in [0.05, 0.1) is 11.9 Å². The predicted octanol–water partition coefficient (Wildman–Crippen LogP) is 3.72. The minimum atomic E-state index is -0.363. The Labute approximate surface area is 171 Å². The fourth-order valence-corrected chi connectivity index (χ4v) is 3.48. The molecule has 2 heterocycles. The van der Waals surface area contributed by atoms with Gasteiger partial charge in [0.15, 0.2) is 0 Å². The number of amides is 2. The lowest BCUT2D eigenvalue weighted by molar-refractivity contribution is -0.122. The highest BCUT2D eigenvalue weighted by Crippen LogP contribution is 2.36. The summed E-state index contributed by atoms with van der Waals surface area (Å²) in [7, 11) is 0. The number of carbonyl (C=O) groups is 2. The van der Waals surface area contributed by atoms with Crippen molar-refractivity contribution >= 4 is 40.7 Å². The molecular weight excluding hydrogens is 401 g/mol. The van der Waals surface area contributed by atoms with Gasteiger partial charge in [-0.05, 0) is 31.0 Å². The molecule has 0 unspecified atom stereocenters. The van der Waals surface area contributed by atoms with Crippen molar-refractivity contribution in [3.63, 3.8) is 0 Å². The standard InChI is InChI=1S/C19H17Cl2N5O2/c20-14-2-1-3-15(21)17(14)13-6-7-22-18(13)19(28)25-12-8-23-26(9-12)10-16(27)24-11-4-5-11/h1-3,6-9,11,22H,4-5,10H2,(H,24,27)(H,25,28). The largest absolute Gasteiger partial charge is 0.357 e. The van der Waals surface area contributed by atoms with Crippen LogP contribution in [0.25, 0.3) is 11.1 Å². The van der Waals surface area contributed by atoms with Gasteiger partial charge in [-0.1, -0.05) is 29.3 Å². The Morgan fingerprint density at radius 1 is 1.21 bits per heavy atom. The van der Waals surface area contributed by atoms with Crippen molar-refractivity contribution in [3.05, 3.63) is 58.6 Å². The lowest BCUT2D eigenvalue weighted by atomic mass is 10.1. The zero-order chi connectivity index (χ0) is 19.7. The van der Waals surface area contributed by atoms with Crippen molar-refractivity contribution in [1.29, 1.82) is 0 Å². The molecule has 2 amide bonds. The van der Waals surface area contributed by atoms with Crippen LogP contribution < -0.4 is 10.6 Å². The van der Waals surface area contributed by atoms with Gasteiger partial charge in [0.25, 0.3) is 5.91 Å². The summed E-state index contributed by atoms with van der Waals surface area (Å²) in [6.45, 7) is 0.107. The van der Waals surface area contributed by atoms with Gasteiger partial charge >= 0.3 is 0 Å². The van der Waals surface area contributed by atoms with Gasteiger partial charge in [0.1, 0.15) is 12.2 Å². The van der Waals surface area contributed by atoms with Gasteiger partial charge in [-0.15, -0.1) is 0 Å². The van der Waals surface area contributed by atoms with E-state index in [0.717, 1.165) is 12.8 Å². The summed E-state index contributed by atoms with van der Waals surface area (Å²) in [5.41, 5.74) is 2.00. The fourth-order valence-electron chi connectivity index (χ4n) is 2.88. The van der Waals surface area contributed by atoms with Crippen LogP contribution in [0.4, 0.5) is 5.69 Å². The minimum Gasteiger partial charge on any atom is -0.357 e. The van der Waals surface area contributed by atoms with E-state index in [1.807, 2.05) is 0 Å². The van der Waals surface area contributed by atoms with Crippen LogP contribution in [0.15, 0.2) is 42.9 Å². The molecule has 4 rings (SSSR count). The molecule has 0 radical (unpaired) electrons. The SMILES string of the molecule is O=C(Cn1cc(NC(=O)c2[nH]ccc2-c2c(Cl)cccc2Cl)cn1)NC1CC1. The summed E-state index contributed by atoms with van der Waals surface area (Å²) >= 11 is 12.5. The van der Waals surface area contributed by atoms with Crippen LogP contribution >= 0.6 is 23.2 Å². The van der Waals surface area contributed by atoms with E-state index in [4.69, 9.17) is 23.2 Å². The molecule has 144 valence electrons. The number of aromatic nitrogens is 3. The van der Waals surface area contributed by atoms with Crippen LogP contribution in [-0.2, 0) is 11.3 Å². The molecule has 1 aliphatic carbocycles. The van der Waals surface area contributed by atoms with Gasteiger partial charge in [-0.3, -0.25) is 14.3 Å². The van der Waals surface area contributed by atoms with Gasteiger partial charge in [0.2, 0.25) is 5.91 Å². The van der Waals surface area contributed by atoms with E-state index >= 15 is 0 Å². The van der Waals surface area contributed by atoms with Crippen LogP contribution in [-0.4, -0.2) is 32.6 Å². The molecular formula is C19H17Cl2N5O2. The first kappa shape index (κ1) is 18.6. The number of aromatic amines is 1. The van der Waals surface area contributed by atoms with Gasteiger partial charge < -0.3 is 15.6 Å². The molecule has 0 spiro atoms. The predicted molar refractivity (Wildman–Crippen MR) is 108 cm³/mol. The average Bonchev–Trinajstić information content (AvgIpc) is 3.14. The van der Waals surface area contributed by atoms with E-state index in [2.05, 4.69) is 20.7 Å². The highest BCUT2D eigenvalue weighted by Gasteiger charge is 2.23. The second-order valence-corrected chi connectivity index (χ2v) is 7.40. The van der Waals surface area contributed by atoms with E-state index < -0.39 is 0 Å². The van der Waals surface area contributed by atoms with E-state index in [1.54, 1.807) is 36.7 Å². The Bertz CT molecular complexity index is 1020. The summed E-state index contributed by atoms with van der Waals surface area (Å²) < 4.78 is 1.48. The van der Waals surface area contributed by atoms with Gasteiger partial charge in [0, 0.05) is 39.6 Å². The maximum atomic E-state index is 12.7. The summed E-state index contributed by atoms with van der Waals surface area (Å²) in [6.07, 6.45) is 6.80. The average molecular weight is 418 g/mol. The molecule has 0 aliphatic heterocycles. The van der Waals surface area contributed by atoms with Gasteiger partial charge in [-0.2, -0.15) is 5.10 Å². The molecule has 7 nitrogen and oxygen atoms in total. The van der Waals surface area contributed by atoms with Crippen molar-refractivity contribution in [2.24, 2.45) is 0 Å². The number of carbonyl (C=O) groups excluding carboxylic acids is 2. The minimum absolute atomic E-state index is 0.0940. The second-order valence-electron chi connectivity index (χ2n) is 6.59. The molecule has 0 atom stereocenters. The van der Waals surface area contributed by atoms with Gasteiger partial charge in [-0.25, -0.2) is 0 Å². The van der Waals surface area contributed by atoms with E-state index in [1.165, 1.54) is 10.9 Å². The van der Waals surface area contributed by atoms with E-state index in [9.17, 15) is 9.59 Å². The smallest absolute Gasteiger partial charge is 0.272 e. The first-order chi connectivity index (χ1) is 13.5. The Balaban J connectivity index is 1.48. The Hall–Kier alpha value is -2.77. The number of anilines is 1. The lowest BCUT2D eigenvalue weighted by Gasteiger charge is -2.08. The van der Waals surface area contributed by atoms with E-state index in [-0.39, 0.29) is 18.4 Å². The number of hydrogen-bond acceptors (Lipinski definition) is 3. The Morgan fingerprint density at radius 2 is 1.96 bits per heavy atom. The normalized spacial score (nSPS) is 13.4. The molecule has 1 saturated carbocycles. The first-order valence-electron chi connectivity index (χ1n) is 8.76. The van der Waals surface area contributed by atoms with Crippen molar-refractivity contribution < 1.29 is 9.59 Å². The molecule has 1 fully saturated rings. The maximum Gasteiger partial charge on any atom is 0.272 e. The zero-order valence-electron chi connectivity index (χ0n) is 14.7. The molecule has 2 aromatic heterocycles. The molecule has 3 N–H and O–H groups in total. The number of nitrogens with one attached hydrogen (secondary N) is 3. The van der Waals surface area contributed by atoms with Crippen molar-refractivity contribution in [3.8, 4) is 11.1 Å². The van der Waals surface area contributed by atoms with Crippen LogP contribution in [0.5, 0.6) is 0 Å². The third-order valence-corrected chi connectivity index (χ3v) is 4.98. The maximum absolute atomic E-state index is 12.7. The number of rotatable bonds is 6. The quantitative estimate of drug-likeness (QED) is 0.570. The molecule has 0 bridgehead atoms. The third kappa shape index (κ3) is 4.05. The summed E-state index contributed by atoms with van der Waals surface area (Å²) in [4.78, 5) is 27.5. The van der Waals surface area contributed by atoms with Crippen molar-refractivity contribution in [1.82, 2.24) is 20.1 Å². The topological polar surface area (TPSA) is 91.8 Å². The molecule has 1 aromatic carbocycles. The third-order valence-electron chi connectivity index (χ3n) is 4.35. The molecule has 3 aromatic rings. The van der Waals surface area contributed by atoms with Crippen molar-refractivity contribution in [2.75, 3.05) is 5.32 Å². The highest BCUT2D eigenvalue weighted by molar-refractivity contribution is 6.39. The molecule has 9 heteroatoms. The number of halogens is 2. The summed E-state index contributed by atoms with van der Waals surface area (Å²) in [5, 5.41) is 10.7. The monoisotopic (exact) mass is 417 g/mol. The summed E-state index contributed by atoms with van der Waals surface area (Å²) in [5.74, 6) is -0.457. The second kappa shape index (κ2) is 7.69. The zero-order valence-corrected chi connectivity index (χ0v) is 16.2. The number of H-pyrrole nitrogens is 1. The number of benzene rings is 1. The number of nitrogens with zero attached hydrogens (tertiary/aromatic N) is 2. The van der Waals surface area contributed by atoms with Crippen molar-refractivity contribution in [2.45, 2.75) is 25.4 Å². The van der Waals surface area contributed by atoms with E-state index in [0.29, 0.717) is 38.6 Å². The first-order valence-corrected chi connectivity index (χ1v) is 9.52. The van der Waals surface area contributed by atoms with Crippen LogP contribution in [0.2, 0.25) is 10.0 Å². The number of hydrogen-bond donors (Lipinski definition) is 3. The van der Waals surface area contributed by atoms with Crippen LogP contribution in [0, 0.1) is 0 Å². The summed E-state index contributed by atoms with van der Waals surface area (Å²) in [6, 6.07) is 7.22. The highest BCUT2D eigenvalue weighted by atomic mass is 35.5. The molecule has 1 aliphatic rings. The lowest BCUT2D eigenvalue weighted by Crippen LogP contribution is -2.29. The molecule has 0 saturated heterocycles. The fraction of sp³-hybridized carbons (Fsp3) is 0.211. The van der Waals surface area contributed by atoms with Crippen LogP contribution in [0.1, 0.15) is 23.3 Å². The Kier molecular flexibility index (Phi) is 5.11.